The molecule has 2 aromatic carbocycles. The van der Waals surface area contributed by atoms with Crippen molar-refractivity contribution in [2.24, 2.45) is 0 Å². The molecule has 1 atom stereocenters. The number of aromatic nitrogens is 2. The van der Waals surface area contributed by atoms with Gasteiger partial charge in [0.1, 0.15) is 18.1 Å². The molecule has 162 valence electrons. The smallest absolute Gasteiger partial charge is 0.244 e. The topological polar surface area (TPSA) is 65.4 Å². The zero-order chi connectivity index (χ0) is 22.2. The minimum absolute atomic E-state index is 0.131. The average molecular weight is 420 g/mol. The van der Waals surface area contributed by atoms with Gasteiger partial charge in [0.15, 0.2) is 0 Å². The van der Waals surface area contributed by atoms with Gasteiger partial charge < -0.3 is 14.8 Å². The first-order valence-electron chi connectivity index (χ1n) is 10.4. The van der Waals surface area contributed by atoms with E-state index in [9.17, 15) is 4.79 Å². The molecule has 0 spiro atoms. The molecule has 1 unspecified atom stereocenters. The predicted molar refractivity (Wildman–Crippen MR) is 122 cm³/mol. The zero-order valence-corrected chi connectivity index (χ0v) is 18.5. The second-order valence-electron chi connectivity index (χ2n) is 7.26. The fourth-order valence-corrected chi connectivity index (χ4v) is 3.37. The molecule has 3 rings (SSSR count). The van der Waals surface area contributed by atoms with Gasteiger partial charge in [-0.3, -0.25) is 9.48 Å². The molecule has 0 bridgehead atoms. The second-order valence-corrected chi connectivity index (χ2v) is 7.26. The average Bonchev–Trinajstić information content (AvgIpc) is 3.26. The van der Waals surface area contributed by atoms with Crippen LogP contribution in [0.2, 0.25) is 0 Å². The molecular weight excluding hydrogens is 390 g/mol. The number of nitrogens with one attached hydrogen (secondary N) is 1. The summed E-state index contributed by atoms with van der Waals surface area (Å²) in [5.41, 5.74) is 3.86. The number of amides is 1. The largest absolute Gasteiger partial charge is 0.496 e. The van der Waals surface area contributed by atoms with Crippen LogP contribution in [0.15, 0.2) is 60.8 Å². The van der Waals surface area contributed by atoms with E-state index in [-0.39, 0.29) is 11.9 Å². The van der Waals surface area contributed by atoms with E-state index >= 15 is 0 Å². The van der Waals surface area contributed by atoms with Gasteiger partial charge in [0.25, 0.3) is 0 Å². The van der Waals surface area contributed by atoms with Crippen LogP contribution in [0.25, 0.3) is 6.08 Å². The molecule has 0 aliphatic heterocycles. The Labute approximate surface area is 183 Å². The van der Waals surface area contributed by atoms with Crippen LogP contribution in [0.1, 0.15) is 42.3 Å². The van der Waals surface area contributed by atoms with Gasteiger partial charge >= 0.3 is 0 Å². The number of carbonyl (C=O) groups excluding carboxylic acids is 1. The van der Waals surface area contributed by atoms with Crippen LogP contribution in [-0.2, 0) is 17.9 Å². The first kappa shape index (κ1) is 22.2. The lowest BCUT2D eigenvalue weighted by atomic mass is 10.1. The lowest BCUT2D eigenvalue weighted by Crippen LogP contribution is -2.26. The van der Waals surface area contributed by atoms with E-state index in [4.69, 9.17) is 9.47 Å². The summed E-state index contributed by atoms with van der Waals surface area (Å²) in [5.74, 6) is 1.42. The number of hydrogen-bond donors (Lipinski definition) is 1. The van der Waals surface area contributed by atoms with Crippen molar-refractivity contribution in [2.75, 3.05) is 7.11 Å². The second kappa shape index (κ2) is 10.5. The standard InChI is InChI=1S/C25H29N3O3/c1-5-28-22(14-15-26-28)19(3)27-25(29)13-11-20-10-12-24(30-4)21(16-20)17-31-23-9-7-6-8-18(23)2/h6-16,19H,5,17H2,1-4H3,(H,27,29)/b13-11+. The van der Waals surface area contributed by atoms with Gasteiger partial charge in [-0.2, -0.15) is 5.10 Å². The molecule has 6 nitrogen and oxygen atoms in total. The monoisotopic (exact) mass is 419 g/mol. The molecule has 31 heavy (non-hydrogen) atoms. The molecule has 3 aromatic rings. The Balaban J connectivity index is 1.66. The number of carbonyl (C=O) groups is 1. The Morgan fingerprint density at radius 1 is 1.19 bits per heavy atom. The predicted octanol–water partition coefficient (Wildman–Crippen LogP) is 4.69. The molecule has 1 N–H and O–H groups in total. The summed E-state index contributed by atoms with van der Waals surface area (Å²) in [5, 5.41) is 7.23. The summed E-state index contributed by atoms with van der Waals surface area (Å²) in [4.78, 5) is 12.4. The molecule has 6 heteroatoms. The van der Waals surface area contributed by atoms with Crippen LogP contribution in [0.3, 0.4) is 0 Å². The van der Waals surface area contributed by atoms with Crippen molar-refractivity contribution in [3.63, 3.8) is 0 Å². The highest BCUT2D eigenvalue weighted by Gasteiger charge is 2.12. The zero-order valence-electron chi connectivity index (χ0n) is 18.5. The normalized spacial score (nSPS) is 12.0. The van der Waals surface area contributed by atoms with Gasteiger partial charge in [0, 0.05) is 24.4 Å². The van der Waals surface area contributed by atoms with Crippen LogP contribution < -0.4 is 14.8 Å². The molecule has 1 amide bonds. The minimum atomic E-state index is -0.162. The molecule has 0 aliphatic carbocycles. The highest BCUT2D eigenvalue weighted by molar-refractivity contribution is 5.92. The van der Waals surface area contributed by atoms with E-state index in [1.54, 1.807) is 19.4 Å². The van der Waals surface area contributed by atoms with Crippen molar-refractivity contribution in [1.29, 1.82) is 0 Å². The van der Waals surface area contributed by atoms with E-state index < -0.39 is 0 Å². The van der Waals surface area contributed by atoms with Crippen molar-refractivity contribution in [2.45, 2.75) is 40.0 Å². The third-order valence-electron chi connectivity index (χ3n) is 5.06. The van der Waals surface area contributed by atoms with E-state index in [2.05, 4.69) is 10.4 Å². The summed E-state index contributed by atoms with van der Waals surface area (Å²) in [7, 11) is 1.64. The quantitative estimate of drug-likeness (QED) is 0.511. The van der Waals surface area contributed by atoms with Crippen LogP contribution in [0, 0.1) is 6.92 Å². The van der Waals surface area contributed by atoms with E-state index in [0.717, 1.165) is 40.4 Å². The van der Waals surface area contributed by atoms with E-state index in [1.165, 1.54) is 6.08 Å². The van der Waals surface area contributed by atoms with Crippen LogP contribution in [0.5, 0.6) is 11.5 Å². The number of benzene rings is 2. The maximum absolute atomic E-state index is 12.4. The fraction of sp³-hybridized carbons (Fsp3) is 0.280. The number of rotatable bonds is 9. The van der Waals surface area contributed by atoms with Crippen molar-refractivity contribution >= 4 is 12.0 Å². The molecule has 0 fully saturated rings. The van der Waals surface area contributed by atoms with Crippen molar-refractivity contribution < 1.29 is 14.3 Å². The summed E-state index contributed by atoms with van der Waals surface area (Å²) < 4.78 is 13.3. The van der Waals surface area contributed by atoms with Gasteiger partial charge in [-0.05, 0) is 62.2 Å². The van der Waals surface area contributed by atoms with Crippen molar-refractivity contribution in [3.8, 4) is 11.5 Å². The maximum Gasteiger partial charge on any atom is 0.244 e. The number of ether oxygens (including phenoxy) is 2. The molecular formula is C25H29N3O3. The summed E-state index contributed by atoms with van der Waals surface area (Å²) in [6.45, 7) is 7.12. The van der Waals surface area contributed by atoms with Crippen molar-refractivity contribution in [1.82, 2.24) is 15.1 Å². The van der Waals surface area contributed by atoms with Crippen molar-refractivity contribution in [3.05, 3.63) is 83.2 Å². The van der Waals surface area contributed by atoms with Crippen LogP contribution in [0.4, 0.5) is 0 Å². The molecule has 0 saturated heterocycles. The third-order valence-corrected chi connectivity index (χ3v) is 5.06. The van der Waals surface area contributed by atoms with Gasteiger partial charge in [0.05, 0.1) is 18.8 Å². The first-order chi connectivity index (χ1) is 15.0. The fourth-order valence-electron chi connectivity index (χ4n) is 3.37. The minimum Gasteiger partial charge on any atom is -0.496 e. The maximum atomic E-state index is 12.4. The summed E-state index contributed by atoms with van der Waals surface area (Å²) in [6.07, 6.45) is 5.07. The molecule has 0 radical (unpaired) electrons. The number of methoxy groups -OCH3 is 1. The highest BCUT2D eigenvalue weighted by atomic mass is 16.5. The Hall–Kier alpha value is -3.54. The third kappa shape index (κ3) is 5.75. The van der Waals surface area contributed by atoms with Crippen LogP contribution in [-0.4, -0.2) is 22.8 Å². The van der Waals surface area contributed by atoms with Gasteiger partial charge in [-0.1, -0.05) is 24.3 Å². The van der Waals surface area contributed by atoms with E-state index in [1.807, 2.05) is 74.0 Å². The van der Waals surface area contributed by atoms with E-state index in [0.29, 0.717) is 6.61 Å². The molecule has 1 aromatic heterocycles. The Kier molecular flexibility index (Phi) is 7.49. The molecule has 0 aliphatic rings. The number of para-hydroxylation sites is 1. The first-order valence-corrected chi connectivity index (χ1v) is 10.4. The Bertz CT molecular complexity index is 1060. The number of nitrogens with zero attached hydrogens (tertiary/aromatic N) is 2. The van der Waals surface area contributed by atoms with Gasteiger partial charge in [0.2, 0.25) is 5.91 Å². The van der Waals surface area contributed by atoms with Gasteiger partial charge in [-0.15, -0.1) is 0 Å². The summed E-state index contributed by atoms with van der Waals surface area (Å²) >= 11 is 0. The Morgan fingerprint density at radius 2 is 2.00 bits per heavy atom. The Morgan fingerprint density at radius 3 is 2.74 bits per heavy atom. The summed E-state index contributed by atoms with van der Waals surface area (Å²) in [6, 6.07) is 15.4. The highest BCUT2D eigenvalue weighted by Crippen LogP contribution is 2.24. The van der Waals surface area contributed by atoms with Gasteiger partial charge in [-0.25, -0.2) is 0 Å². The number of hydrogen-bond acceptors (Lipinski definition) is 4. The molecule has 0 saturated carbocycles. The molecule has 1 heterocycles. The SMILES string of the molecule is CCn1nccc1C(C)NC(=O)/C=C/c1ccc(OC)c(COc2ccccc2C)c1. The lowest BCUT2D eigenvalue weighted by molar-refractivity contribution is -0.117. The van der Waals surface area contributed by atoms with Crippen LogP contribution >= 0.6 is 0 Å². The number of aryl methyl sites for hydroxylation is 2. The lowest BCUT2D eigenvalue weighted by Gasteiger charge is -2.14.